The number of hydrogen-bond donors (Lipinski definition) is 1. The Labute approximate surface area is 206 Å². The summed E-state index contributed by atoms with van der Waals surface area (Å²) in [5.74, 6) is 0.650. The SMILES string of the molecule is CCc1cc(C#N)cc2c(NCc3ccc(OC)c(Cl)c3)c(COC[C@@H]3CCCN3C)cnc12. The van der Waals surface area contributed by atoms with Crippen LogP contribution in [0.1, 0.15) is 42.0 Å². The predicted octanol–water partition coefficient (Wildman–Crippen LogP) is 5.55. The van der Waals surface area contributed by atoms with Gasteiger partial charge in [-0.1, -0.05) is 24.6 Å². The summed E-state index contributed by atoms with van der Waals surface area (Å²) in [6.45, 7) is 4.93. The number of rotatable bonds is 9. The molecule has 0 amide bonds. The van der Waals surface area contributed by atoms with E-state index in [-0.39, 0.29) is 0 Å². The lowest BCUT2D eigenvalue weighted by Crippen LogP contribution is -2.29. The number of ether oxygens (including phenoxy) is 2. The van der Waals surface area contributed by atoms with Crippen LogP contribution >= 0.6 is 11.6 Å². The Morgan fingerprint density at radius 1 is 1.26 bits per heavy atom. The third-order valence-electron chi connectivity index (χ3n) is 6.56. The van der Waals surface area contributed by atoms with Crippen molar-refractivity contribution < 1.29 is 9.47 Å². The molecule has 0 aliphatic carbocycles. The van der Waals surface area contributed by atoms with Crippen LogP contribution in [0.5, 0.6) is 5.75 Å². The maximum atomic E-state index is 9.61. The van der Waals surface area contributed by atoms with E-state index in [1.807, 2.05) is 36.5 Å². The van der Waals surface area contributed by atoms with Gasteiger partial charge in [-0.2, -0.15) is 5.26 Å². The van der Waals surface area contributed by atoms with Crippen LogP contribution in [0.2, 0.25) is 5.02 Å². The highest BCUT2D eigenvalue weighted by Crippen LogP contribution is 2.32. The van der Waals surface area contributed by atoms with Gasteiger partial charge in [0.25, 0.3) is 0 Å². The first-order valence-corrected chi connectivity index (χ1v) is 12.1. The second-order valence-electron chi connectivity index (χ2n) is 8.77. The topological polar surface area (TPSA) is 70.4 Å². The molecule has 3 aromatic rings. The molecule has 6 nitrogen and oxygen atoms in total. The normalized spacial score (nSPS) is 16.0. The van der Waals surface area contributed by atoms with E-state index in [2.05, 4.69) is 30.3 Å². The van der Waals surface area contributed by atoms with Crippen molar-refractivity contribution in [3.05, 3.63) is 63.8 Å². The number of methoxy groups -OCH3 is 1. The summed E-state index contributed by atoms with van der Waals surface area (Å²) in [4.78, 5) is 7.13. The van der Waals surface area contributed by atoms with Gasteiger partial charge in [0.2, 0.25) is 0 Å². The van der Waals surface area contributed by atoms with Gasteiger partial charge in [-0.05, 0) is 68.2 Å². The second kappa shape index (κ2) is 11.1. The molecule has 0 unspecified atom stereocenters. The van der Waals surface area contributed by atoms with E-state index in [1.165, 1.54) is 12.8 Å². The number of likely N-dealkylation sites (N-methyl/N-ethyl adjacent to an activating group) is 1. The zero-order valence-corrected chi connectivity index (χ0v) is 20.8. The molecule has 178 valence electrons. The molecular weight excluding hydrogens is 448 g/mol. The maximum absolute atomic E-state index is 9.61. The number of hydrogen-bond acceptors (Lipinski definition) is 6. The molecule has 2 heterocycles. The minimum absolute atomic E-state index is 0.456. The van der Waals surface area contributed by atoms with Crippen molar-refractivity contribution in [2.75, 3.05) is 32.6 Å². The van der Waals surface area contributed by atoms with Gasteiger partial charge >= 0.3 is 0 Å². The first kappa shape index (κ1) is 24.3. The number of fused-ring (bicyclic) bond motifs is 1. The Morgan fingerprint density at radius 3 is 2.79 bits per heavy atom. The third kappa shape index (κ3) is 5.28. The summed E-state index contributed by atoms with van der Waals surface area (Å²) in [5.41, 5.74) is 5.56. The zero-order chi connectivity index (χ0) is 24.1. The number of aryl methyl sites for hydroxylation is 1. The molecule has 4 rings (SSSR count). The molecule has 1 atom stereocenters. The standard InChI is InChI=1S/C27H31ClN4O2/c1-4-20-10-19(13-29)11-23-26(20)31-15-21(16-34-17-22-6-5-9-32(22)2)27(23)30-14-18-7-8-25(33-3)24(28)12-18/h7-8,10-12,15,22H,4-6,9,14,16-17H2,1-3H3,(H,30,31)/t22-/m0/s1. The Hall–Kier alpha value is -2.85. The fourth-order valence-electron chi connectivity index (χ4n) is 4.57. The fourth-order valence-corrected chi connectivity index (χ4v) is 4.86. The van der Waals surface area contributed by atoms with Gasteiger partial charge in [-0.25, -0.2) is 0 Å². The van der Waals surface area contributed by atoms with Crippen LogP contribution in [0.3, 0.4) is 0 Å². The van der Waals surface area contributed by atoms with Crippen molar-refractivity contribution in [1.29, 1.82) is 5.26 Å². The summed E-state index contributed by atoms with van der Waals surface area (Å²) in [6.07, 6.45) is 5.09. The van der Waals surface area contributed by atoms with Gasteiger partial charge in [0, 0.05) is 29.7 Å². The van der Waals surface area contributed by atoms with E-state index in [9.17, 15) is 5.26 Å². The van der Waals surface area contributed by atoms with Gasteiger partial charge in [0.1, 0.15) is 5.75 Å². The number of benzene rings is 2. The smallest absolute Gasteiger partial charge is 0.137 e. The molecular formula is C27H31ClN4O2. The largest absolute Gasteiger partial charge is 0.495 e. The molecule has 1 aliphatic rings. The Kier molecular flexibility index (Phi) is 7.89. The van der Waals surface area contributed by atoms with Crippen LogP contribution < -0.4 is 10.1 Å². The minimum atomic E-state index is 0.456. The van der Waals surface area contributed by atoms with Crippen molar-refractivity contribution in [3.63, 3.8) is 0 Å². The van der Waals surface area contributed by atoms with Gasteiger partial charge in [-0.3, -0.25) is 4.98 Å². The molecule has 7 heteroatoms. The Bertz CT molecular complexity index is 1210. The number of anilines is 1. The lowest BCUT2D eigenvalue weighted by atomic mass is 10.0. The van der Waals surface area contributed by atoms with Crippen molar-refractivity contribution in [1.82, 2.24) is 9.88 Å². The predicted molar refractivity (Wildman–Crippen MR) is 136 cm³/mol. The van der Waals surface area contributed by atoms with Crippen LogP contribution in [0.15, 0.2) is 36.5 Å². The lowest BCUT2D eigenvalue weighted by Gasteiger charge is -2.20. The van der Waals surface area contributed by atoms with Crippen LogP contribution in [-0.4, -0.2) is 43.2 Å². The summed E-state index contributed by atoms with van der Waals surface area (Å²) in [5, 5.41) is 14.7. The molecule has 34 heavy (non-hydrogen) atoms. The molecule has 1 fully saturated rings. The third-order valence-corrected chi connectivity index (χ3v) is 6.86. The van der Waals surface area contributed by atoms with Crippen LogP contribution in [0.4, 0.5) is 5.69 Å². The molecule has 0 saturated carbocycles. The quantitative estimate of drug-likeness (QED) is 0.434. The van der Waals surface area contributed by atoms with Crippen LogP contribution in [0.25, 0.3) is 10.9 Å². The van der Waals surface area contributed by atoms with Crippen LogP contribution in [0, 0.1) is 11.3 Å². The molecule has 1 N–H and O–H groups in total. The second-order valence-corrected chi connectivity index (χ2v) is 9.18. The average molecular weight is 479 g/mol. The molecule has 1 saturated heterocycles. The first-order valence-electron chi connectivity index (χ1n) is 11.7. The molecule has 0 radical (unpaired) electrons. The summed E-state index contributed by atoms with van der Waals surface area (Å²) in [7, 11) is 3.76. The van der Waals surface area contributed by atoms with Gasteiger partial charge < -0.3 is 19.7 Å². The van der Waals surface area contributed by atoms with Gasteiger partial charge in [-0.15, -0.1) is 0 Å². The van der Waals surface area contributed by atoms with Crippen molar-refractivity contribution in [2.45, 2.75) is 45.4 Å². The lowest BCUT2D eigenvalue weighted by molar-refractivity contribution is 0.0751. The highest BCUT2D eigenvalue weighted by molar-refractivity contribution is 6.32. The summed E-state index contributed by atoms with van der Waals surface area (Å²) >= 11 is 6.34. The van der Waals surface area contributed by atoms with Crippen molar-refractivity contribution in [2.24, 2.45) is 0 Å². The monoisotopic (exact) mass is 478 g/mol. The average Bonchev–Trinajstić information content (AvgIpc) is 3.26. The molecule has 0 spiro atoms. The van der Waals surface area contributed by atoms with Gasteiger partial charge in [0.15, 0.2) is 0 Å². The highest BCUT2D eigenvalue weighted by atomic mass is 35.5. The number of halogens is 1. The Balaban J connectivity index is 1.65. The van der Waals surface area contributed by atoms with Crippen molar-refractivity contribution >= 4 is 28.2 Å². The van der Waals surface area contributed by atoms with Crippen LogP contribution in [-0.2, 0) is 24.3 Å². The number of nitriles is 1. The maximum Gasteiger partial charge on any atom is 0.137 e. The number of nitrogens with zero attached hydrogens (tertiary/aromatic N) is 3. The number of nitrogens with one attached hydrogen (secondary N) is 1. The number of likely N-dealkylation sites (tertiary alicyclic amines) is 1. The molecule has 1 aliphatic heterocycles. The summed E-state index contributed by atoms with van der Waals surface area (Å²) in [6, 6.07) is 12.4. The minimum Gasteiger partial charge on any atom is -0.495 e. The highest BCUT2D eigenvalue weighted by Gasteiger charge is 2.21. The van der Waals surface area contributed by atoms with E-state index >= 15 is 0 Å². The molecule has 0 bridgehead atoms. The zero-order valence-electron chi connectivity index (χ0n) is 20.0. The van der Waals surface area contributed by atoms with Gasteiger partial charge in [0.05, 0.1) is 48.2 Å². The number of aromatic nitrogens is 1. The van der Waals surface area contributed by atoms with E-state index in [0.717, 1.165) is 46.2 Å². The molecule has 1 aromatic heterocycles. The van der Waals surface area contributed by atoms with E-state index in [1.54, 1.807) is 7.11 Å². The number of pyridine rings is 1. The van der Waals surface area contributed by atoms with E-state index in [4.69, 9.17) is 26.1 Å². The summed E-state index contributed by atoms with van der Waals surface area (Å²) < 4.78 is 11.4. The van der Waals surface area contributed by atoms with Crippen molar-refractivity contribution in [3.8, 4) is 11.8 Å². The van der Waals surface area contributed by atoms with E-state index in [0.29, 0.717) is 42.1 Å². The molecule has 2 aromatic carbocycles. The first-order chi connectivity index (χ1) is 16.5. The fraction of sp³-hybridized carbons (Fsp3) is 0.407. The Morgan fingerprint density at radius 2 is 2.12 bits per heavy atom. The van der Waals surface area contributed by atoms with E-state index < -0.39 is 0 Å².